The summed E-state index contributed by atoms with van der Waals surface area (Å²) in [6, 6.07) is 0. The van der Waals surface area contributed by atoms with Crippen molar-refractivity contribution in [3.8, 4) is 0 Å². The highest BCUT2D eigenvalue weighted by Crippen LogP contribution is 2.22. The minimum atomic E-state index is 0.416. The van der Waals surface area contributed by atoms with Crippen LogP contribution < -0.4 is 5.32 Å². The van der Waals surface area contributed by atoms with Crippen molar-refractivity contribution in [2.75, 3.05) is 13.1 Å². The predicted molar refractivity (Wildman–Crippen MR) is 65.6 cm³/mol. The number of aromatic nitrogens is 2. The van der Waals surface area contributed by atoms with Crippen LogP contribution in [0, 0.1) is 0 Å². The second kappa shape index (κ2) is 5.68. The zero-order chi connectivity index (χ0) is 11.4. The molecule has 1 fully saturated rings. The maximum absolute atomic E-state index is 5.32. The molecule has 1 saturated heterocycles. The van der Waals surface area contributed by atoms with Gasteiger partial charge in [-0.1, -0.05) is 19.0 Å². The van der Waals surface area contributed by atoms with Crippen LogP contribution in [0.2, 0.25) is 0 Å². The molecule has 2 heterocycles. The zero-order valence-corrected chi connectivity index (χ0v) is 10.7. The highest BCUT2D eigenvalue weighted by Gasteiger charge is 2.21. The lowest BCUT2D eigenvalue weighted by Crippen LogP contribution is -2.28. The van der Waals surface area contributed by atoms with Gasteiger partial charge in [-0.25, -0.2) is 0 Å². The molecule has 4 nitrogen and oxygen atoms in total. The van der Waals surface area contributed by atoms with E-state index in [4.69, 9.17) is 4.52 Å². The molecule has 0 unspecified atom stereocenters. The van der Waals surface area contributed by atoms with E-state index in [0.717, 1.165) is 37.0 Å². The Morgan fingerprint density at radius 3 is 3.12 bits per heavy atom. The fraction of sp³-hybridized carbons (Fsp3) is 0.818. The molecule has 1 aromatic rings. The van der Waals surface area contributed by atoms with Gasteiger partial charge in [0.1, 0.15) is 0 Å². The Kier molecular flexibility index (Phi) is 4.23. The second-order valence-electron chi connectivity index (χ2n) is 4.45. The minimum Gasteiger partial charge on any atom is -0.339 e. The normalized spacial score (nSPS) is 21.6. The van der Waals surface area contributed by atoms with Crippen molar-refractivity contribution in [2.24, 2.45) is 0 Å². The number of rotatable bonds is 4. The summed E-state index contributed by atoms with van der Waals surface area (Å²) in [5, 5.41) is 8.00. The van der Waals surface area contributed by atoms with E-state index in [1.54, 1.807) is 0 Å². The second-order valence-corrected chi connectivity index (χ2v) is 6.02. The Hall–Kier alpha value is -0.550. The number of hydrogen-bond acceptors (Lipinski definition) is 5. The molecule has 90 valence electrons. The Bertz CT molecular complexity index is 321. The molecule has 0 radical (unpaired) electrons. The first-order chi connectivity index (χ1) is 7.75. The number of nitrogens with one attached hydrogen (secondary N) is 1. The Morgan fingerprint density at radius 1 is 1.56 bits per heavy atom. The lowest BCUT2D eigenvalue weighted by Gasteiger charge is -2.18. The van der Waals surface area contributed by atoms with Gasteiger partial charge in [0.25, 0.3) is 0 Å². The lowest BCUT2D eigenvalue weighted by molar-refractivity contribution is 0.320. The first-order valence-electron chi connectivity index (χ1n) is 5.90. The third-order valence-electron chi connectivity index (χ3n) is 2.68. The first kappa shape index (κ1) is 11.9. The average Bonchev–Trinajstić information content (AvgIpc) is 2.76. The average molecular weight is 241 g/mol. The summed E-state index contributed by atoms with van der Waals surface area (Å²) in [5.74, 6) is 2.91. The van der Waals surface area contributed by atoms with E-state index < -0.39 is 0 Å². The van der Waals surface area contributed by atoms with Gasteiger partial charge in [0, 0.05) is 6.54 Å². The molecule has 2 rings (SSSR count). The molecule has 0 bridgehead atoms. The molecule has 0 aromatic carbocycles. The van der Waals surface area contributed by atoms with Gasteiger partial charge < -0.3 is 9.84 Å². The Balaban J connectivity index is 1.90. The number of piperidine rings is 1. The van der Waals surface area contributed by atoms with Gasteiger partial charge in [0.2, 0.25) is 5.89 Å². The van der Waals surface area contributed by atoms with Crippen molar-refractivity contribution in [2.45, 2.75) is 43.6 Å². The third-order valence-corrected chi connectivity index (χ3v) is 3.77. The van der Waals surface area contributed by atoms with Gasteiger partial charge in [-0.3, -0.25) is 0 Å². The van der Waals surface area contributed by atoms with Gasteiger partial charge in [-0.05, 0) is 24.6 Å². The van der Waals surface area contributed by atoms with Crippen LogP contribution in [-0.4, -0.2) is 28.5 Å². The standard InChI is InChI=1S/C11H19N3OS/c1-8(2)16-7-10-13-11(15-14-10)9-4-3-5-12-6-9/h8-9,12H,3-7H2,1-2H3/t9-/m1/s1. The largest absolute Gasteiger partial charge is 0.339 e. The molecule has 1 aliphatic rings. The van der Waals surface area contributed by atoms with E-state index in [0.29, 0.717) is 11.2 Å². The van der Waals surface area contributed by atoms with Gasteiger partial charge in [0.15, 0.2) is 5.82 Å². The number of nitrogens with zero attached hydrogens (tertiary/aromatic N) is 2. The Morgan fingerprint density at radius 2 is 2.44 bits per heavy atom. The van der Waals surface area contributed by atoms with E-state index in [1.807, 2.05) is 11.8 Å². The van der Waals surface area contributed by atoms with Gasteiger partial charge in [0.05, 0.1) is 11.7 Å². The van der Waals surface area contributed by atoms with E-state index in [1.165, 1.54) is 6.42 Å². The highest BCUT2D eigenvalue weighted by atomic mass is 32.2. The molecular weight excluding hydrogens is 222 g/mol. The van der Waals surface area contributed by atoms with Crippen LogP contribution in [0.25, 0.3) is 0 Å². The lowest BCUT2D eigenvalue weighted by atomic mass is 10.00. The van der Waals surface area contributed by atoms with Crippen LogP contribution in [0.3, 0.4) is 0 Å². The summed E-state index contributed by atoms with van der Waals surface area (Å²) in [5.41, 5.74) is 0. The van der Waals surface area contributed by atoms with Crippen LogP contribution in [0.5, 0.6) is 0 Å². The van der Waals surface area contributed by atoms with Crippen LogP contribution in [0.4, 0.5) is 0 Å². The van der Waals surface area contributed by atoms with Gasteiger partial charge in [-0.2, -0.15) is 16.7 Å². The SMILES string of the molecule is CC(C)SCc1noc([C@@H]2CCCNC2)n1. The van der Waals surface area contributed by atoms with Crippen molar-refractivity contribution >= 4 is 11.8 Å². The fourth-order valence-corrected chi connectivity index (χ4v) is 2.40. The van der Waals surface area contributed by atoms with E-state index in [-0.39, 0.29) is 0 Å². The molecule has 5 heteroatoms. The summed E-state index contributed by atoms with van der Waals surface area (Å²) in [7, 11) is 0. The zero-order valence-electron chi connectivity index (χ0n) is 9.90. The monoisotopic (exact) mass is 241 g/mol. The van der Waals surface area contributed by atoms with Crippen LogP contribution in [0.1, 0.15) is 44.3 Å². The van der Waals surface area contributed by atoms with E-state index >= 15 is 0 Å². The molecule has 0 amide bonds. The molecule has 0 spiro atoms. The van der Waals surface area contributed by atoms with Crippen molar-refractivity contribution < 1.29 is 4.52 Å². The number of thioether (sulfide) groups is 1. The van der Waals surface area contributed by atoms with E-state index in [2.05, 4.69) is 29.3 Å². The van der Waals surface area contributed by atoms with Crippen molar-refractivity contribution in [1.29, 1.82) is 0 Å². The third kappa shape index (κ3) is 3.22. The summed E-state index contributed by atoms with van der Waals surface area (Å²) in [6.45, 7) is 6.44. The minimum absolute atomic E-state index is 0.416. The van der Waals surface area contributed by atoms with Crippen molar-refractivity contribution in [3.05, 3.63) is 11.7 Å². The summed E-state index contributed by atoms with van der Waals surface area (Å²) in [6.07, 6.45) is 2.36. The first-order valence-corrected chi connectivity index (χ1v) is 6.95. The molecule has 0 saturated carbocycles. The molecule has 1 atom stereocenters. The van der Waals surface area contributed by atoms with Gasteiger partial charge >= 0.3 is 0 Å². The maximum atomic E-state index is 5.32. The molecule has 1 N–H and O–H groups in total. The summed E-state index contributed by atoms with van der Waals surface area (Å²) >= 11 is 1.84. The van der Waals surface area contributed by atoms with Crippen LogP contribution >= 0.6 is 11.8 Å². The van der Waals surface area contributed by atoms with Crippen LogP contribution in [-0.2, 0) is 5.75 Å². The summed E-state index contributed by atoms with van der Waals surface area (Å²) < 4.78 is 5.32. The smallest absolute Gasteiger partial charge is 0.231 e. The fourth-order valence-electron chi connectivity index (χ4n) is 1.80. The molecular formula is C11H19N3OS. The summed E-state index contributed by atoms with van der Waals surface area (Å²) in [4.78, 5) is 4.47. The number of hydrogen-bond donors (Lipinski definition) is 1. The highest BCUT2D eigenvalue weighted by molar-refractivity contribution is 7.99. The molecule has 1 aromatic heterocycles. The molecule has 1 aliphatic heterocycles. The van der Waals surface area contributed by atoms with Crippen molar-refractivity contribution in [3.63, 3.8) is 0 Å². The van der Waals surface area contributed by atoms with Crippen molar-refractivity contribution in [1.82, 2.24) is 15.5 Å². The van der Waals surface area contributed by atoms with Crippen LogP contribution in [0.15, 0.2) is 4.52 Å². The van der Waals surface area contributed by atoms with Gasteiger partial charge in [-0.15, -0.1) is 0 Å². The predicted octanol–water partition coefficient (Wildman–Crippen LogP) is 2.18. The quantitative estimate of drug-likeness (QED) is 0.875. The molecule has 0 aliphatic carbocycles. The van der Waals surface area contributed by atoms with E-state index in [9.17, 15) is 0 Å². The maximum Gasteiger partial charge on any atom is 0.231 e. The topological polar surface area (TPSA) is 51.0 Å². The Labute approximate surface area is 101 Å². The molecule has 16 heavy (non-hydrogen) atoms.